The molecule has 2 heteroatoms. The van der Waals surface area contributed by atoms with Crippen molar-refractivity contribution in [3.8, 4) is 0 Å². The van der Waals surface area contributed by atoms with Crippen LogP contribution in [-0.2, 0) is 0 Å². The molecule has 0 heterocycles. The van der Waals surface area contributed by atoms with Gasteiger partial charge in [-0.2, -0.15) is 12.6 Å². The normalized spacial score (nSPS) is 4.50. The first-order valence-corrected chi connectivity index (χ1v) is 1.66. The summed E-state index contributed by atoms with van der Waals surface area (Å²) in [7, 11) is 0. The molecule has 0 nitrogen and oxygen atoms in total. The van der Waals surface area contributed by atoms with Crippen LogP contribution in [0.25, 0.3) is 0 Å². The minimum absolute atomic E-state index is 0. The Kier molecular flexibility index (Phi) is 19.9. The summed E-state index contributed by atoms with van der Waals surface area (Å²) in [6, 6.07) is 0. The maximum Gasteiger partial charge on any atom is 1.00 e. The summed E-state index contributed by atoms with van der Waals surface area (Å²) in [5, 5.41) is 0. The van der Waals surface area contributed by atoms with Crippen LogP contribution in [0, 0.1) is 0 Å². The van der Waals surface area contributed by atoms with E-state index in [1.54, 1.807) is 0 Å². The number of hydrogen-bond donors (Lipinski definition) is 1. The third-order valence-corrected chi connectivity index (χ3v) is 0. The van der Waals surface area contributed by atoms with Gasteiger partial charge in [0.25, 0.3) is 0 Å². The molecule has 0 N–H and O–H groups in total. The van der Waals surface area contributed by atoms with E-state index in [1.807, 2.05) is 6.92 Å². The van der Waals surface area contributed by atoms with Crippen LogP contribution in [-0.4, -0.2) is 5.75 Å². The molecule has 0 atom stereocenters. The van der Waals surface area contributed by atoms with Gasteiger partial charge >= 0.3 is 29.6 Å². The molecular weight excluding hydrogens is 79.1 g/mol. The van der Waals surface area contributed by atoms with Crippen molar-refractivity contribution in [3.63, 3.8) is 0 Å². The van der Waals surface area contributed by atoms with Crippen molar-refractivity contribution in [2.75, 3.05) is 5.75 Å². The molecule has 0 unspecified atom stereocenters. The SMILES string of the molecule is CCS.[Na+]. The second kappa shape index (κ2) is 8.84. The molecule has 0 amide bonds. The fraction of sp³-hybridized carbons (Fsp3) is 1.00. The summed E-state index contributed by atoms with van der Waals surface area (Å²) < 4.78 is 0. The van der Waals surface area contributed by atoms with Crippen molar-refractivity contribution in [1.82, 2.24) is 0 Å². The molecule has 0 saturated heterocycles. The average Bonchev–Trinajstić information content (AvgIpc) is 0.918. The van der Waals surface area contributed by atoms with Crippen LogP contribution in [0.1, 0.15) is 6.92 Å². The van der Waals surface area contributed by atoms with Gasteiger partial charge in [0.15, 0.2) is 0 Å². The van der Waals surface area contributed by atoms with Crippen molar-refractivity contribution in [2.45, 2.75) is 6.92 Å². The molecule has 0 aromatic carbocycles. The smallest absolute Gasteiger partial charge is 0.180 e. The zero-order chi connectivity index (χ0) is 2.71. The number of hydrogen-bond acceptors (Lipinski definition) is 1. The summed E-state index contributed by atoms with van der Waals surface area (Å²) >= 11 is 3.79. The van der Waals surface area contributed by atoms with Crippen molar-refractivity contribution < 1.29 is 29.6 Å². The van der Waals surface area contributed by atoms with Gasteiger partial charge in [0.1, 0.15) is 0 Å². The quantitative estimate of drug-likeness (QED) is 0.254. The predicted molar refractivity (Wildman–Crippen MR) is 19.5 cm³/mol. The van der Waals surface area contributed by atoms with E-state index < -0.39 is 0 Å². The topological polar surface area (TPSA) is 0 Å². The maximum absolute atomic E-state index is 3.79. The summed E-state index contributed by atoms with van der Waals surface area (Å²) in [5.41, 5.74) is 0. The molecule has 0 fully saturated rings. The van der Waals surface area contributed by atoms with E-state index in [-0.39, 0.29) is 29.6 Å². The maximum atomic E-state index is 3.79. The fourth-order valence-corrected chi connectivity index (χ4v) is 0. The molecule has 0 aromatic rings. The van der Waals surface area contributed by atoms with Gasteiger partial charge in [-0.15, -0.1) is 0 Å². The average molecular weight is 85.1 g/mol. The minimum Gasteiger partial charge on any atom is -0.180 e. The fourth-order valence-electron chi connectivity index (χ4n) is 0. The van der Waals surface area contributed by atoms with Gasteiger partial charge in [0.2, 0.25) is 0 Å². The van der Waals surface area contributed by atoms with E-state index in [2.05, 4.69) is 12.6 Å². The van der Waals surface area contributed by atoms with Crippen LogP contribution in [0.3, 0.4) is 0 Å². The molecule has 0 aliphatic heterocycles. The Morgan fingerprint density at radius 3 is 1.75 bits per heavy atom. The first kappa shape index (κ1) is 9.02. The Balaban J connectivity index is 0. The summed E-state index contributed by atoms with van der Waals surface area (Å²) in [6.07, 6.45) is 0. The Labute approximate surface area is 54.7 Å². The molecule has 0 rings (SSSR count). The monoisotopic (exact) mass is 85.0 g/mol. The first-order valence-electron chi connectivity index (χ1n) is 1.02. The third-order valence-electron chi connectivity index (χ3n) is 0. The molecule has 0 spiro atoms. The third kappa shape index (κ3) is 10.2. The Morgan fingerprint density at radius 2 is 1.75 bits per heavy atom. The number of rotatable bonds is 0. The van der Waals surface area contributed by atoms with Crippen LogP contribution in [0.5, 0.6) is 0 Å². The second-order valence-electron chi connectivity index (χ2n) is 0.316. The molecular formula is C2H6NaS+. The summed E-state index contributed by atoms with van der Waals surface area (Å²) in [5.74, 6) is 0.944. The van der Waals surface area contributed by atoms with Crippen molar-refractivity contribution in [1.29, 1.82) is 0 Å². The van der Waals surface area contributed by atoms with Crippen LogP contribution < -0.4 is 29.6 Å². The van der Waals surface area contributed by atoms with Crippen LogP contribution in [0.2, 0.25) is 0 Å². The number of thiol groups is 1. The largest absolute Gasteiger partial charge is 1.00 e. The van der Waals surface area contributed by atoms with E-state index in [0.717, 1.165) is 5.75 Å². The molecule has 0 bridgehead atoms. The van der Waals surface area contributed by atoms with Gasteiger partial charge in [-0.1, -0.05) is 6.92 Å². The molecule has 4 heavy (non-hydrogen) atoms. The minimum atomic E-state index is 0. The zero-order valence-corrected chi connectivity index (χ0v) is 6.05. The van der Waals surface area contributed by atoms with E-state index in [0.29, 0.717) is 0 Å². The Morgan fingerprint density at radius 1 is 1.75 bits per heavy atom. The molecule has 20 valence electrons. The van der Waals surface area contributed by atoms with Crippen molar-refractivity contribution >= 4 is 12.6 Å². The van der Waals surface area contributed by atoms with E-state index in [4.69, 9.17) is 0 Å². The molecule has 0 saturated carbocycles. The molecule has 0 radical (unpaired) electrons. The second-order valence-corrected chi connectivity index (χ2v) is 0.949. The standard InChI is InChI=1S/C2H6S.Na/c1-2-3;/h3H,2H2,1H3;/q;+1. The van der Waals surface area contributed by atoms with Crippen LogP contribution in [0.15, 0.2) is 0 Å². The van der Waals surface area contributed by atoms with Gasteiger partial charge in [-0.05, 0) is 5.75 Å². The van der Waals surface area contributed by atoms with Crippen molar-refractivity contribution in [2.24, 2.45) is 0 Å². The van der Waals surface area contributed by atoms with Gasteiger partial charge in [0, 0.05) is 0 Å². The zero-order valence-electron chi connectivity index (χ0n) is 3.15. The predicted octanol–water partition coefficient (Wildman–Crippen LogP) is -2.06. The van der Waals surface area contributed by atoms with Gasteiger partial charge in [-0.3, -0.25) is 0 Å². The Hall–Kier alpha value is 1.35. The van der Waals surface area contributed by atoms with Gasteiger partial charge < -0.3 is 0 Å². The summed E-state index contributed by atoms with van der Waals surface area (Å²) in [6.45, 7) is 1.99. The molecule has 0 aliphatic rings. The van der Waals surface area contributed by atoms with E-state index in [1.165, 1.54) is 0 Å². The van der Waals surface area contributed by atoms with E-state index >= 15 is 0 Å². The van der Waals surface area contributed by atoms with E-state index in [9.17, 15) is 0 Å². The van der Waals surface area contributed by atoms with Crippen LogP contribution in [0.4, 0.5) is 0 Å². The van der Waals surface area contributed by atoms with Crippen molar-refractivity contribution in [3.05, 3.63) is 0 Å². The first-order chi connectivity index (χ1) is 1.41. The van der Waals surface area contributed by atoms with Crippen LogP contribution >= 0.6 is 12.6 Å². The van der Waals surface area contributed by atoms with Gasteiger partial charge in [0.05, 0.1) is 0 Å². The summed E-state index contributed by atoms with van der Waals surface area (Å²) in [4.78, 5) is 0. The Bertz CT molecular complexity index is 6.00. The molecule has 0 aliphatic carbocycles. The van der Waals surface area contributed by atoms with Gasteiger partial charge in [-0.25, -0.2) is 0 Å². The molecule has 0 aromatic heterocycles.